The fourth-order valence-corrected chi connectivity index (χ4v) is 6.03. The van der Waals surface area contributed by atoms with Crippen LogP contribution >= 0.6 is 0 Å². The van der Waals surface area contributed by atoms with Gasteiger partial charge in [0.15, 0.2) is 0 Å². The predicted molar refractivity (Wildman–Crippen MR) is 204 cm³/mol. The molecule has 0 spiro atoms. The van der Waals surface area contributed by atoms with Gasteiger partial charge in [-0.25, -0.2) is 19.6 Å². The average Bonchev–Trinajstić information content (AvgIpc) is 3.89. The second-order valence-corrected chi connectivity index (χ2v) is 13.2. The van der Waals surface area contributed by atoms with Gasteiger partial charge < -0.3 is 49.2 Å². The molecule has 2 aliphatic heterocycles. The molecule has 2 aromatic carbocycles. The summed E-state index contributed by atoms with van der Waals surface area (Å²) >= 11 is 0. The molecule has 2 fully saturated rings. The Labute approximate surface area is 315 Å². The van der Waals surface area contributed by atoms with Gasteiger partial charge in [0, 0.05) is 78.6 Å². The SMILES string of the molecule is COc1ccc(CNc2ccnc(N3CCC(OC(=O)N(C)CCN(C)C(=O)OC4CCN(c5nccc(NCc6ccc(OC)cc6)n5)C4)C3)n2)cc1. The lowest BCUT2D eigenvalue weighted by atomic mass is 10.2. The Morgan fingerprint density at radius 2 is 1.07 bits per heavy atom. The van der Waals surface area contributed by atoms with Crippen molar-refractivity contribution in [2.75, 3.05) is 88.0 Å². The van der Waals surface area contributed by atoms with Crippen LogP contribution in [0.5, 0.6) is 11.5 Å². The molecule has 2 N–H and O–H groups in total. The number of anilines is 4. The van der Waals surface area contributed by atoms with E-state index in [0.717, 1.165) is 22.6 Å². The van der Waals surface area contributed by atoms with Crippen LogP contribution < -0.4 is 29.9 Å². The fourth-order valence-electron chi connectivity index (χ4n) is 6.03. The molecule has 54 heavy (non-hydrogen) atoms. The van der Waals surface area contributed by atoms with E-state index >= 15 is 0 Å². The summed E-state index contributed by atoms with van der Waals surface area (Å²) in [6, 6.07) is 19.3. The van der Waals surface area contributed by atoms with Crippen molar-refractivity contribution < 1.29 is 28.5 Å². The van der Waals surface area contributed by atoms with Crippen LogP contribution in [0.1, 0.15) is 24.0 Å². The lowest BCUT2D eigenvalue weighted by Gasteiger charge is -2.24. The summed E-state index contributed by atoms with van der Waals surface area (Å²) in [6.45, 7) is 4.08. The molecule has 2 saturated heterocycles. The summed E-state index contributed by atoms with van der Waals surface area (Å²) in [5.41, 5.74) is 2.20. The van der Waals surface area contributed by atoms with Gasteiger partial charge in [0.1, 0.15) is 35.3 Å². The summed E-state index contributed by atoms with van der Waals surface area (Å²) in [7, 11) is 6.60. The second kappa shape index (κ2) is 18.1. The Hall–Kier alpha value is -6.06. The van der Waals surface area contributed by atoms with Gasteiger partial charge in [0.2, 0.25) is 11.9 Å². The maximum absolute atomic E-state index is 12.9. The number of methoxy groups -OCH3 is 2. The number of nitrogens with zero attached hydrogens (tertiary/aromatic N) is 8. The van der Waals surface area contributed by atoms with Gasteiger partial charge in [-0.3, -0.25) is 0 Å². The lowest BCUT2D eigenvalue weighted by molar-refractivity contribution is 0.0650. The highest BCUT2D eigenvalue weighted by Gasteiger charge is 2.30. The number of benzene rings is 2. The summed E-state index contributed by atoms with van der Waals surface area (Å²) in [4.78, 5) is 51.0. The molecule has 6 rings (SSSR count). The molecular weight excluding hydrogens is 692 g/mol. The van der Waals surface area contributed by atoms with Crippen LogP contribution in [0, 0.1) is 0 Å². The minimum atomic E-state index is -0.452. The van der Waals surface area contributed by atoms with Crippen LogP contribution in [0.3, 0.4) is 0 Å². The molecule has 2 atom stereocenters. The van der Waals surface area contributed by atoms with Gasteiger partial charge in [-0.05, 0) is 47.5 Å². The molecule has 0 radical (unpaired) electrons. The molecule has 2 aliphatic rings. The minimum absolute atomic E-state index is 0.285. The highest BCUT2D eigenvalue weighted by atomic mass is 16.6. The molecule has 0 saturated carbocycles. The number of nitrogens with one attached hydrogen (secondary N) is 2. The van der Waals surface area contributed by atoms with Crippen molar-refractivity contribution in [1.82, 2.24) is 29.7 Å². The fraction of sp³-hybridized carbons (Fsp3) is 0.421. The highest BCUT2D eigenvalue weighted by molar-refractivity contribution is 5.69. The number of carbonyl (C=O) groups excluding carboxylic acids is 2. The van der Waals surface area contributed by atoms with Gasteiger partial charge in [0.25, 0.3) is 0 Å². The zero-order valence-electron chi connectivity index (χ0n) is 31.2. The number of aromatic nitrogens is 4. The Kier molecular flexibility index (Phi) is 12.6. The predicted octanol–water partition coefficient (Wildman–Crippen LogP) is 4.50. The van der Waals surface area contributed by atoms with E-state index in [0.29, 0.717) is 75.6 Å². The van der Waals surface area contributed by atoms with E-state index < -0.39 is 12.2 Å². The van der Waals surface area contributed by atoms with Crippen molar-refractivity contribution in [2.45, 2.75) is 38.1 Å². The van der Waals surface area contributed by atoms with Gasteiger partial charge in [-0.15, -0.1) is 0 Å². The molecule has 16 heteroatoms. The van der Waals surface area contributed by atoms with E-state index in [1.54, 1.807) is 40.7 Å². The third kappa shape index (κ3) is 10.3. The minimum Gasteiger partial charge on any atom is -0.497 e. The van der Waals surface area contributed by atoms with Crippen molar-refractivity contribution in [2.24, 2.45) is 0 Å². The van der Waals surface area contributed by atoms with Crippen LogP contribution in [-0.2, 0) is 22.6 Å². The Morgan fingerprint density at radius 3 is 1.46 bits per heavy atom. The van der Waals surface area contributed by atoms with Gasteiger partial charge in [-0.1, -0.05) is 24.3 Å². The van der Waals surface area contributed by atoms with Crippen LogP contribution in [0.25, 0.3) is 0 Å². The van der Waals surface area contributed by atoms with Crippen molar-refractivity contribution >= 4 is 35.7 Å². The molecule has 4 heterocycles. The number of ether oxygens (including phenoxy) is 4. The molecule has 16 nitrogen and oxygen atoms in total. The van der Waals surface area contributed by atoms with E-state index in [1.165, 1.54) is 9.80 Å². The molecule has 2 unspecified atom stereocenters. The molecular formula is C38H48N10O6. The standard InChI is InChI=1S/C38H48N10O6/c1-45(37(49)53-31-15-19-47(25-31)35-39-17-13-33(43-35)41-23-27-5-9-29(51-3)10-6-27)21-22-46(2)38(50)54-32-16-20-48(26-32)36-40-18-14-34(44-36)42-24-28-7-11-30(52-4)12-8-28/h5-14,17-18,31-32H,15-16,19-26H2,1-4H3,(H,39,41,43)(H,40,42,44). The quantitative estimate of drug-likeness (QED) is 0.175. The zero-order chi connectivity index (χ0) is 37.9. The first-order chi connectivity index (χ1) is 26.3. The Morgan fingerprint density at radius 1 is 0.667 bits per heavy atom. The van der Waals surface area contributed by atoms with Crippen LogP contribution in [-0.4, -0.2) is 122 Å². The van der Waals surface area contributed by atoms with Crippen molar-refractivity contribution in [3.63, 3.8) is 0 Å². The summed E-state index contributed by atoms with van der Waals surface area (Å²) in [6.07, 6.45) is 3.24. The molecule has 2 aromatic heterocycles. The van der Waals surface area contributed by atoms with Gasteiger partial charge in [0.05, 0.1) is 27.3 Å². The third-order valence-corrected chi connectivity index (χ3v) is 9.34. The molecule has 2 amide bonds. The average molecular weight is 741 g/mol. The van der Waals surface area contributed by atoms with E-state index in [1.807, 2.05) is 70.5 Å². The monoisotopic (exact) mass is 740 g/mol. The number of rotatable bonds is 15. The molecule has 0 bridgehead atoms. The van der Waals surface area contributed by atoms with E-state index in [9.17, 15) is 9.59 Å². The number of hydrogen-bond acceptors (Lipinski definition) is 14. The topological polar surface area (TPSA) is 160 Å². The molecule has 4 aromatic rings. The maximum atomic E-state index is 12.9. The first-order valence-corrected chi connectivity index (χ1v) is 18.0. The summed E-state index contributed by atoms with van der Waals surface area (Å²) in [5.74, 6) is 4.18. The smallest absolute Gasteiger partial charge is 0.409 e. The number of hydrogen-bond donors (Lipinski definition) is 2. The lowest BCUT2D eigenvalue weighted by Crippen LogP contribution is -2.40. The van der Waals surface area contributed by atoms with Gasteiger partial charge in [-0.2, -0.15) is 9.97 Å². The summed E-state index contributed by atoms with van der Waals surface area (Å²) < 4.78 is 22.0. The Balaban J connectivity index is 0.886. The van der Waals surface area contributed by atoms with Crippen molar-refractivity contribution in [1.29, 1.82) is 0 Å². The van der Waals surface area contributed by atoms with E-state index in [-0.39, 0.29) is 25.3 Å². The number of likely N-dealkylation sites (N-methyl/N-ethyl adjacent to an activating group) is 2. The molecule has 0 aliphatic carbocycles. The zero-order valence-corrected chi connectivity index (χ0v) is 31.2. The van der Waals surface area contributed by atoms with Crippen molar-refractivity contribution in [3.05, 3.63) is 84.2 Å². The number of amides is 2. The van der Waals surface area contributed by atoms with Gasteiger partial charge >= 0.3 is 12.2 Å². The van der Waals surface area contributed by atoms with Crippen LogP contribution in [0.15, 0.2) is 73.1 Å². The first-order valence-electron chi connectivity index (χ1n) is 18.0. The maximum Gasteiger partial charge on any atom is 0.409 e. The highest BCUT2D eigenvalue weighted by Crippen LogP contribution is 2.22. The van der Waals surface area contributed by atoms with Crippen molar-refractivity contribution in [3.8, 4) is 11.5 Å². The Bertz CT molecular complexity index is 1700. The third-order valence-electron chi connectivity index (χ3n) is 9.34. The first kappa shape index (κ1) is 37.7. The van der Waals surface area contributed by atoms with E-state index in [4.69, 9.17) is 18.9 Å². The normalized spacial score (nSPS) is 16.4. The second-order valence-electron chi connectivity index (χ2n) is 13.2. The van der Waals surface area contributed by atoms with Crippen LogP contribution in [0.2, 0.25) is 0 Å². The van der Waals surface area contributed by atoms with E-state index in [2.05, 4.69) is 30.6 Å². The van der Waals surface area contributed by atoms with Crippen LogP contribution in [0.4, 0.5) is 33.1 Å². The molecule has 286 valence electrons. The summed E-state index contributed by atoms with van der Waals surface area (Å²) in [5, 5.41) is 6.67. The largest absolute Gasteiger partial charge is 0.497 e. The number of carbonyl (C=O) groups is 2.